The fourth-order valence-electron chi connectivity index (χ4n) is 4.84. The number of hydrogen-bond acceptors (Lipinski definition) is 6. The smallest absolute Gasteiger partial charge is 0.416 e. The number of nitrogens with one attached hydrogen (secondary N) is 1. The number of carbonyl (C=O) groups excluding carboxylic acids is 1. The van der Waals surface area contributed by atoms with Gasteiger partial charge in [-0.15, -0.1) is 0 Å². The number of aliphatic hydroxyl groups excluding tert-OH is 1. The molecule has 8 nitrogen and oxygen atoms in total. The molecule has 3 atom stereocenters. The van der Waals surface area contributed by atoms with Crippen molar-refractivity contribution in [3.63, 3.8) is 0 Å². The molecule has 0 spiro atoms. The molecule has 0 bridgehead atoms. The lowest BCUT2D eigenvalue weighted by Crippen LogP contribution is -2.49. The standard InChI is InChI=1S/C30H33ClF3N3O5S/c1-19-15-37(20(2)18-38)29(39)25-5-4-6-26(35-43(40,41)24-13-11-23(31)12-14-24)28(25)42-27(19)17-36(3)16-21-7-9-22(10-8-21)30(32,33)34/h4-14,19-20,27,35,38H,15-18H2,1-3H3/t19-,20+,27+/m1/s1. The van der Waals surface area contributed by atoms with Crippen molar-refractivity contribution in [2.75, 3.05) is 31.5 Å². The zero-order chi connectivity index (χ0) is 31.5. The molecule has 1 aliphatic rings. The molecule has 0 unspecified atom stereocenters. The molecule has 13 heteroatoms. The van der Waals surface area contributed by atoms with Crippen LogP contribution in [0.3, 0.4) is 0 Å². The number of sulfonamides is 1. The summed E-state index contributed by atoms with van der Waals surface area (Å²) in [7, 11) is -2.30. The number of rotatable bonds is 9. The van der Waals surface area contributed by atoms with Gasteiger partial charge >= 0.3 is 6.18 Å². The fraction of sp³-hybridized carbons (Fsp3) is 0.367. The van der Waals surface area contributed by atoms with E-state index in [9.17, 15) is 31.5 Å². The second-order valence-corrected chi connectivity index (χ2v) is 12.9. The zero-order valence-corrected chi connectivity index (χ0v) is 25.4. The molecule has 2 N–H and O–H groups in total. The van der Waals surface area contributed by atoms with Crippen molar-refractivity contribution in [3.8, 4) is 5.75 Å². The molecule has 0 saturated carbocycles. The van der Waals surface area contributed by atoms with Crippen LogP contribution >= 0.6 is 11.6 Å². The minimum absolute atomic E-state index is 0.0385. The molecule has 1 heterocycles. The summed E-state index contributed by atoms with van der Waals surface area (Å²) in [4.78, 5) is 17.1. The summed E-state index contributed by atoms with van der Waals surface area (Å²) in [5, 5.41) is 10.3. The van der Waals surface area contributed by atoms with Crippen LogP contribution in [0, 0.1) is 5.92 Å². The average Bonchev–Trinajstić information content (AvgIpc) is 2.94. The molecule has 43 heavy (non-hydrogen) atoms. The maximum atomic E-state index is 13.7. The third-order valence-corrected chi connectivity index (χ3v) is 8.92. The maximum Gasteiger partial charge on any atom is 0.416 e. The van der Waals surface area contributed by atoms with Crippen LogP contribution < -0.4 is 9.46 Å². The van der Waals surface area contributed by atoms with Crippen LogP contribution in [0.25, 0.3) is 0 Å². The van der Waals surface area contributed by atoms with E-state index in [1.54, 1.807) is 20.0 Å². The number of halogens is 4. The number of carbonyl (C=O) groups is 1. The molecule has 0 fully saturated rings. The van der Waals surface area contributed by atoms with Gasteiger partial charge in [0, 0.05) is 30.6 Å². The van der Waals surface area contributed by atoms with Crippen molar-refractivity contribution in [2.24, 2.45) is 5.92 Å². The Morgan fingerprint density at radius 1 is 1.12 bits per heavy atom. The van der Waals surface area contributed by atoms with Crippen LogP contribution in [0.1, 0.15) is 35.3 Å². The average molecular weight is 640 g/mol. The van der Waals surface area contributed by atoms with Crippen molar-refractivity contribution in [1.29, 1.82) is 0 Å². The Kier molecular flexibility index (Phi) is 9.95. The Morgan fingerprint density at radius 3 is 2.37 bits per heavy atom. The minimum atomic E-state index is -4.43. The van der Waals surface area contributed by atoms with E-state index in [0.717, 1.165) is 12.1 Å². The number of ether oxygens (including phenoxy) is 1. The first kappa shape index (κ1) is 32.6. The van der Waals surface area contributed by atoms with Gasteiger partial charge in [-0.05, 0) is 68.1 Å². The minimum Gasteiger partial charge on any atom is -0.486 e. The number of para-hydroxylation sites is 1. The Hall–Kier alpha value is -3.32. The van der Waals surface area contributed by atoms with Crippen LogP contribution in [0.5, 0.6) is 5.75 Å². The monoisotopic (exact) mass is 639 g/mol. The van der Waals surface area contributed by atoms with Gasteiger partial charge in [-0.3, -0.25) is 14.4 Å². The Bertz CT molecular complexity index is 1540. The largest absolute Gasteiger partial charge is 0.486 e. The molecule has 0 aliphatic carbocycles. The number of aliphatic hydroxyl groups is 1. The third kappa shape index (κ3) is 7.80. The summed E-state index contributed by atoms with van der Waals surface area (Å²) in [5.41, 5.74) is 0.112. The number of benzene rings is 3. The highest BCUT2D eigenvalue weighted by atomic mass is 35.5. The first-order valence-corrected chi connectivity index (χ1v) is 15.4. The Balaban J connectivity index is 1.66. The summed E-state index contributed by atoms with van der Waals surface area (Å²) in [6, 6.07) is 14.6. The summed E-state index contributed by atoms with van der Waals surface area (Å²) in [6.07, 6.45) is -5.00. The number of alkyl halides is 3. The second-order valence-electron chi connectivity index (χ2n) is 10.8. The van der Waals surface area contributed by atoms with E-state index in [2.05, 4.69) is 4.72 Å². The Labute approximate surface area is 254 Å². The quantitative estimate of drug-likeness (QED) is 0.320. The molecule has 0 saturated heterocycles. The van der Waals surface area contributed by atoms with Crippen molar-refractivity contribution in [3.05, 3.63) is 88.4 Å². The summed E-state index contributed by atoms with van der Waals surface area (Å²) >= 11 is 5.92. The molecule has 0 aromatic heterocycles. The first-order chi connectivity index (χ1) is 20.2. The van der Waals surface area contributed by atoms with Gasteiger partial charge in [0.05, 0.1) is 34.4 Å². The van der Waals surface area contributed by atoms with E-state index >= 15 is 0 Å². The summed E-state index contributed by atoms with van der Waals surface area (Å²) in [6.45, 7) is 4.18. The van der Waals surface area contributed by atoms with E-state index in [1.165, 1.54) is 53.4 Å². The van der Waals surface area contributed by atoms with Crippen LogP contribution in [0.4, 0.5) is 18.9 Å². The molecule has 3 aromatic carbocycles. The van der Waals surface area contributed by atoms with Crippen LogP contribution in [0.15, 0.2) is 71.6 Å². The number of likely N-dealkylation sites (N-methyl/N-ethyl adjacent to an activating group) is 1. The van der Waals surface area contributed by atoms with Gasteiger partial charge in [-0.2, -0.15) is 13.2 Å². The normalized spacial score (nSPS) is 18.4. The maximum absolute atomic E-state index is 13.7. The molecule has 3 aromatic rings. The lowest BCUT2D eigenvalue weighted by atomic mass is 9.99. The number of amides is 1. The van der Waals surface area contributed by atoms with Crippen molar-refractivity contribution < 1.29 is 36.2 Å². The molecular weight excluding hydrogens is 607 g/mol. The van der Waals surface area contributed by atoms with Gasteiger partial charge in [-0.1, -0.05) is 36.7 Å². The van der Waals surface area contributed by atoms with E-state index < -0.39 is 39.8 Å². The van der Waals surface area contributed by atoms with E-state index in [4.69, 9.17) is 16.3 Å². The number of anilines is 1. The zero-order valence-electron chi connectivity index (χ0n) is 23.8. The van der Waals surface area contributed by atoms with Gasteiger partial charge < -0.3 is 14.7 Å². The Morgan fingerprint density at radius 2 is 1.77 bits per heavy atom. The number of fused-ring (bicyclic) bond motifs is 1. The van der Waals surface area contributed by atoms with Crippen LogP contribution in [0.2, 0.25) is 5.02 Å². The topological polar surface area (TPSA) is 99.2 Å². The molecular formula is C30H33ClF3N3O5S. The molecule has 232 valence electrons. The van der Waals surface area contributed by atoms with Crippen LogP contribution in [-0.2, 0) is 22.7 Å². The van der Waals surface area contributed by atoms with Gasteiger partial charge in [0.2, 0.25) is 0 Å². The molecule has 1 aliphatic heterocycles. The van der Waals surface area contributed by atoms with Gasteiger partial charge in [0.15, 0.2) is 5.75 Å². The van der Waals surface area contributed by atoms with Gasteiger partial charge in [0.1, 0.15) is 6.10 Å². The number of nitrogens with zero attached hydrogens (tertiary/aromatic N) is 2. The molecule has 4 rings (SSSR count). The predicted molar refractivity (Wildman–Crippen MR) is 158 cm³/mol. The van der Waals surface area contributed by atoms with E-state index in [0.29, 0.717) is 23.7 Å². The lowest BCUT2D eigenvalue weighted by Gasteiger charge is -2.38. The van der Waals surface area contributed by atoms with E-state index in [-0.39, 0.29) is 41.0 Å². The fourth-order valence-corrected chi connectivity index (χ4v) is 6.03. The third-order valence-electron chi connectivity index (χ3n) is 7.28. The molecule has 1 amide bonds. The van der Waals surface area contributed by atoms with Crippen molar-refractivity contribution in [1.82, 2.24) is 9.80 Å². The van der Waals surface area contributed by atoms with Gasteiger partial charge in [-0.25, -0.2) is 8.42 Å². The summed E-state index contributed by atoms with van der Waals surface area (Å²) < 4.78 is 74.5. The van der Waals surface area contributed by atoms with E-state index in [1.807, 2.05) is 11.8 Å². The highest BCUT2D eigenvalue weighted by Gasteiger charge is 2.35. The van der Waals surface area contributed by atoms with Gasteiger partial charge in [0.25, 0.3) is 15.9 Å². The highest BCUT2D eigenvalue weighted by molar-refractivity contribution is 7.92. The molecule has 0 radical (unpaired) electrons. The second kappa shape index (κ2) is 13.1. The predicted octanol–water partition coefficient (Wildman–Crippen LogP) is 5.51. The van der Waals surface area contributed by atoms with Crippen LogP contribution in [-0.4, -0.2) is 68.1 Å². The first-order valence-electron chi connectivity index (χ1n) is 13.5. The lowest BCUT2D eigenvalue weighted by molar-refractivity contribution is -0.137. The summed E-state index contributed by atoms with van der Waals surface area (Å²) in [5.74, 6) is -0.658. The van der Waals surface area contributed by atoms with Crippen molar-refractivity contribution >= 4 is 33.2 Å². The van der Waals surface area contributed by atoms with Crippen molar-refractivity contribution in [2.45, 2.75) is 43.6 Å². The SMILES string of the molecule is C[C@@H]1CN([C@@H](C)CO)C(=O)c2cccc(NS(=O)(=O)c3ccc(Cl)cc3)c2O[C@H]1CN(C)Cc1ccc(C(F)(F)F)cc1. The number of hydrogen-bond donors (Lipinski definition) is 2. The highest BCUT2D eigenvalue weighted by Crippen LogP contribution is 2.36.